The molecule has 0 aliphatic carbocycles. The number of tetrazole rings is 1. The highest BCUT2D eigenvalue weighted by Gasteiger charge is 2.26. The maximum Gasteiger partial charge on any atom is 0.261 e. The van der Waals surface area contributed by atoms with Crippen LogP contribution in [0.3, 0.4) is 0 Å². The number of nitrogens with one attached hydrogen (secondary N) is 1. The molecule has 1 N–H and O–H groups in total. The number of rotatable bonds is 7. The normalized spacial score (nSPS) is 14.4. The van der Waals surface area contributed by atoms with Crippen molar-refractivity contribution in [3.05, 3.63) is 47.9 Å². The number of nitrogens with zero attached hydrogens (tertiary/aromatic N) is 8. The van der Waals surface area contributed by atoms with Gasteiger partial charge in [-0.15, -0.1) is 10.2 Å². The van der Waals surface area contributed by atoms with Gasteiger partial charge in [0.25, 0.3) is 11.8 Å². The molecule has 12 heteroatoms. The van der Waals surface area contributed by atoms with Crippen LogP contribution >= 0.6 is 0 Å². The van der Waals surface area contributed by atoms with E-state index in [1.807, 2.05) is 6.07 Å². The maximum atomic E-state index is 12.8. The first-order chi connectivity index (χ1) is 15.5. The van der Waals surface area contributed by atoms with E-state index in [-0.39, 0.29) is 11.8 Å². The Labute approximate surface area is 184 Å². The number of carbonyl (C=O) groups excluding carboxylic acids is 2. The number of aromatic nitrogens is 6. The molecule has 1 fully saturated rings. The van der Waals surface area contributed by atoms with E-state index in [2.05, 4.69) is 30.8 Å². The summed E-state index contributed by atoms with van der Waals surface area (Å²) in [4.78, 5) is 29.3. The second-order valence-corrected chi connectivity index (χ2v) is 7.42. The molecule has 0 atom stereocenters. The van der Waals surface area contributed by atoms with Crippen LogP contribution in [0.25, 0.3) is 5.69 Å². The van der Waals surface area contributed by atoms with Crippen LogP contribution in [0, 0.1) is 0 Å². The molecular formula is C20H25N9O3. The SMILES string of the molecule is COc1nn(C)cc1C(=O)N1CCN(CCNC(=O)c2cccc(-n3cnnn3)c2)CC1. The topological polar surface area (TPSA) is 123 Å². The van der Waals surface area contributed by atoms with E-state index in [1.54, 1.807) is 41.0 Å². The third kappa shape index (κ3) is 4.75. The summed E-state index contributed by atoms with van der Waals surface area (Å²) in [5.41, 5.74) is 1.73. The van der Waals surface area contributed by atoms with Crippen molar-refractivity contribution < 1.29 is 14.3 Å². The summed E-state index contributed by atoms with van der Waals surface area (Å²) >= 11 is 0. The van der Waals surface area contributed by atoms with Gasteiger partial charge in [-0.05, 0) is 28.6 Å². The molecule has 0 bridgehead atoms. The standard InChI is InChI=1S/C20H25N9O3/c1-26-13-17(19(23-26)32-2)20(31)28-10-8-27(9-11-28)7-6-21-18(30)15-4-3-5-16(12-15)29-14-22-24-25-29/h3-5,12-14H,6-11H2,1-2H3,(H,21,30). The molecule has 12 nitrogen and oxygen atoms in total. The maximum absolute atomic E-state index is 12.8. The number of amides is 2. The lowest BCUT2D eigenvalue weighted by molar-refractivity contribution is 0.0634. The Morgan fingerprint density at radius 3 is 2.72 bits per heavy atom. The van der Waals surface area contributed by atoms with Gasteiger partial charge in [-0.3, -0.25) is 19.2 Å². The van der Waals surface area contributed by atoms with Crippen molar-refractivity contribution >= 4 is 11.8 Å². The van der Waals surface area contributed by atoms with E-state index in [0.717, 1.165) is 13.1 Å². The molecule has 4 rings (SSSR count). The van der Waals surface area contributed by atoms with E-state index < -0.39 is 0 Å². The van der Waals surface area contributed by atoms with Crippen LogP contribution in [0.4, 0.5) is 0 Å². The van der Waals surface area contributed by atoms with Crippen molar-refractivity contribution in [3.63, 3.8) is 0 Å². The number of carbonyl (C=O) groups is 2. The van der Waals surface area contributed by atoms with Crippen molar-refractivity contribution in [1.29, 1.82) is 0 Å². The summed E-state index contributed by atoms with van der Waals surface area (Å²) in [5, 5.41) is 18.1. The number of methoxy groups -OCH3 is 1. The van der Waals surface area contributed by atoms with Gasteiger partial charge >= 0.3 is 0 Å². The molecule has 1 saturated heterocycles. The van der Waals surface area contributed by atoms with Gasteiger partial charge in [0.05, 0.1) is 12.8 Å². The minimum absolute atomic E-state index is 0.0784. The smallest absolute Gasteiger partial charge is 0.261 e. The zero-order valence-electron chi connectivity index (χ0n) is 18.0. The lowest BCUT2D eigenvalue weighted by Crippen LogP contribution is -2.50. The van der Waals surface area contributed by atoms with E-state index in [9.17, 15) is 9.59 Å². The lowest BCUT2D eigenvalue weighted by atomic mass is 10.2. The second-order valence-electron chi connectivity index (χ2n) is 7.42. The Morgan fingerprint density at radius 1 is 1.19 bits per heavy atom. The molecule has 0 unspecified atom stereocenters. The molecule has 32 heavy (non-hydrogen) atoms. The van der Waals surface area contributed by atoms with E-state index in [0.29, 0.717) is 48.9 Å². The van der Waals surface area contributed by atoms with Crippen molar-refractivity contribution in [2.45, 2.75) is 0 Å². The van der Waals surface area contributed by atoms with E-state index in [4.69, 9.17) is 4.74 Å². The fourth-order valence-electron chi connectivity index (χ4n) is 3.61. The first kappa shape index (κ1) is 21.4. The number of ether oxygens (including phenoxy) is 1. The minimum atomic E-state index is -0.155. The first-order valence-electron chi connectivity index (χ1n) is 10.3. The Kier molecular flexibility index (Phi) is 6.40. The Morgan fingerprint density at radius 2 is 2.00 bits per heavy atom. The van der Waals surface area contributed by atoms with E-state index >= 15 is 0 Å². The van der Waals surface area contributed by atoms with Crippen molar-refractivity contribution in [2.24, 2.45) is 7.05 Å². The molecule has 0 saturated carbocycles. The average Bonchev–Trinajstić information content (AvgIpc) is 3.49. The Balaban J connectivity index is 1.24. The molecular weight excluding hydrogens is 414 g/mol. The lowest BCUT2D eigenvalue weighted by Gasteiger charge is -2.34. The molecule has 0 spiro atoms. The molecule has 2 aromatic heterocycles. The van der Waals surface area contributed by atoms with Crippen molar-refractivity contribution in [3.8, 4) is 11.6 Å². The molecule has 168 valence electrons. The summed E-state index contributed by atoms with van der Waals surface area (Å²) in [6, 6.07) is 7.11. The Hall–Kier alpha value is -3.80. The third-order valence-corrected chi connectivity index (χ3v) is 5.31. The monoisotopic (exact) mass is 439 g/mol. The van der Waals surface area contributed by atoms with Gasteiger partial charge in [0.1, 0.15) is 11.9 Å². The number of hydrogen-bond acceptors (Lipinski definition) is 8. The predicted molar refractivity (Wildman–Crippen MR) is 114 cm³/mol. The third-order valence-electron chi connectivity index (χ3n) is 5.31. The summed E-state index contributed by atoms with van der Waals surface area (Å²) in [6.07, 6.45) is 3.16. The van der Waals surface area contributed by atoms with Crippen LogP contribution in [0.1, 0.15) is 20.7 Å². The van der Waals surface area contributed by atoms with Gasteiger partial charge in [0.2, 0.25) is 5.88 Å². The first-order valence-corrected chi connectivity index (χ1v) is 10.3. The predicted octanol–water partition coefficient (Wildman–Crippen LogP) is -0.408. The quantitative estimate of drug-likeness (QED) is 0.527. The molecule has 3 aromatic rings. The van der Waals surface area contributed by atoms with Crippen LogP contribution in [-0.2, 0) is 7.05 Å². The van der Waals surface area contributed by atoms with Crippen LogP contribution in [0.2, 0.25) is 0 Å². The van der Waals surface area contributed by atoms with Gasteiger partial charge in [0.15, 0.2) is 0 Å². The van der Waals surface area contributed by atoms with Gasteiger partial charge in [0, 0.05) is 58.1 Å². The highest BCUT2D eigenvalue weighted by molar-refractivity contribution is 5.96. The summed E-state index contributed by atoms with van der Waals surface area (Å²) in [5.74, 6) is 0.106. The van der Waals surface area contributed by atoms with Crippen molar-refractivity contribution in [1.82, 2.24) is 45.1 Å². The van der Waals surface area contributed by atoms with Gasteiger partial charge in [-0.1, -0.05) is 6.07 Å². The zero-order chi connectivity index (χ0) is 22.5. The summed E-state index contributed by atoms with van der Waals surface area (Å²) in [7, 11) is 3.26. The van der Waals surface area contributed by atoms with Crippen LogP contribution in [-0.4, -0.2) is 98.0 Å². The van der Waals surface area contributed by atoms with Gasteiger partial charge < -0.3 is 15.0 Å². The van der Waals surface area contributed by atoms with Crippen molar-refractivity contribution in [2.75, 3.05) is 46.4 Å². The van der Waals surface area contributed by atoms with Crippen LogP contribution in [0.5, 0.6) is 5.88 Å². The van der Waals surface area contributed by atoms with E-state index in [1.165, 1.54) is 18.1 Å². The number of aryl methyl sites for hydroxylation is 1. The van der Waals surface area contributed by atoms with Crippen LogP contribution in [0.15, 0.2) is 36.8 Å². The Bertz CT molecular complexity index is 1070. The number of piperazine rings is 1. The second kappa shape index (κ2) is 9.56. The summed E-state index contributed by atoms with van der Waals surface area (Å²) in [6.45, 7) is 3.91. The fraction of sp³-hybridized carbons (Fsp3) is 0.400. The highest BCUT2D eigenvalue weighted by atomic mass is 16.5. The fourth-order valence-corrected chi connectivity index (χ4v) is 3.61. The molecule has 1 aromatic carbocycles. The average molecular weight is 439 g/mol. The largest absolute Gasteiger partial charge is 0.479 e. The van der Waals surface area contributed by atoms with Gasteiger partial charge in [-0.2, -0.15) is 0 Å². The zero-order valence-corrected chi connectivity index (χ0v) is 18.0. The highest BCUT2D eigenvalue weighted by Crippen LogP contribution is 2.18. The van der Waals surface area contributed by atoms with Crippen LogP contribution < -0.4 is 10.1 Å². The molecule has 3 heterocycles. The molecule has 2 amide bonds. The summed E-state index contributed by atoms with van der Waals surface area (Å²) < 4.78 is 8.27. The molecule has 1 aliphatic rings. The molecule has 0 radical (unpaired) electrons. The minimum Gasteiger partial charge on any atom is -0.479 e. The molecule has 1 aliphatic heterocycles. The number of benzene rings is 1. The number of hydrogen-bond donors (Lipinski definition) is 1. The van der Waals surface area contributed by atoms with Gasteiger partial charge in [-0.25, -0.2) is 4.68 Å².